The summed E-state index contributed by atoms with van der Waals surface area (Å²) in [6.45, 7) is 1.28. The highest BCUT2D eigenvalue weighted by molar-refractivity contribution is 5.97. The molecule has 0 saturated carbocycles. The second-order valence-corrected chi connectivity index (χ2v) is 6.52. The first-order chi connectivity index (χ1) is 13.5. The van der Waals surface area contributed by atoms with Gasteiger partial charge >= 0.3 is 0 Å². The first kappa shape index (κ1) is 19.3. The van der Waals surface area contributed by atoms with Crippen molar-refractivity contribution in [3.8, 4) is 5.75 Å². The predicted octanol–water partition coefficient (Wildman–Crippen LogP) is 3.24. The first-order valence-electron chi connectivity index (χ1n) is 9.09. The number of rotatable bonds is 6. The molecule has 1 saturated heterocycles. The molecule has 146 valence electrons. The Morgan fingerprint density at radius 1 is 1.07 bits per heavy atom. The molecule has 0 atom stereocenters. The number of carbonyl (C=O) groups is 2. The lowest BCUT2D eigenvalue weighted by Gasteiger charge is -2.26. The number of nitrogens with zero attached hydrogens (tertiary/aromatic N) is 2. The molecular weight excluding hydrogens is 362 g/mol. The smallest absolute Gasteiger partial charge is 0.269 e. The molecule has 8 nitrogen and oxygen atoms in total. The molecule has 3 rings (SSSR count). The van der Waals surface area contributed by atoms with E-state index in [9.17, 15) is 19.7 Å². The van der Waals surface area contributed by atoms with E-state index in [1.165, 1.54) is 24.3 Å². The lowest BCUT2D eigenvalue weighted by atomic mass is 10.1. The number of piperidine rings is 1. The Morgan fingerprint density at radius 2 is 1.79 bits per heavy atom. The Balaban J connectivity index is 1.55. The number of hydrogen-bond donors (Lipinski definition) is 1. The molecule has 1 aliphatic heterocycles. The van der Waals surface area contributed by atoms with Gasteiger partial charge in [0.2, 0.25) is 0 Å². The van der Waals surface area contributed by atoms with E-state index in [1.54, 1.807) is 24.3 Å². The average molecular weight is 383 g/mol. The zero-order valence-corrected chi connectivity index (χ0v) is 15.3. The van der Waals surface area contributed by atoms with Gasteiger partial charge in [0.15, 0.2) is 6.61 Å². The van der Waals surface area contributed by atoms with Gasteiger partial charge < -0.3 is 15.0 Å². The first-order valence-corrected chi connectivity index (χ1v) is 9.09. The van der Waals surface area contributed by atoms with Crippen molar-refractivity contribution in [2.24, 2.45) is 0 Å². The summed E-state index contributed by atoms with van der Waals surface area (Å²) in [6, 6.07) is 12.3. The molecule has 1 N–H and O–H groups in total. The number of hydrogen-bond acceptors (Lipinski definition) is 5. The minimum Gasteiger partial charge on any atom is -0.484 e. The van der Waals surface area contributed by atoms with Crippen LogP contribution in [0.5, 0.6) is 5.75 Å². The van der Waals surface area contributed by atoms with Crippen LogP contribution in [0.15, 0.2) is 48.5 Å². The van der Waals surface area contributed by atoms with Crippen molar-refractivity contribution in [2.75, 3.05) is 25.0 Å². The maximum atomic E-state index is 12.6. The zero-order valence-electron chi connectivity index (χ0n) is 15.3. The average Bonchev–Trinajstić information content (AvgIpc) is 2.73. The zero-order chi connectivity index (χ0) is 19.9. The van der Waals surface area contributed by atoms with E-state index in [0.29, 0.717) is 17.0 Å². The van der Waals surface area contributed by atoms with Gasteiger partial charge in [-0.25, -0.2) is 0 Å². The number of amides is 2. The summed E-state index contributed by atoms with van der Waals surface area (Å²) in [6.07, 6.45) is 3.18. The van der Waals surface area contributed by atoms with Crippen LogP contribution in [0.1, 0.15) is 29.6 Å². The fourth-order valence-corrected chi connectivity index (χ4v) is 3.02. The maximum Gasteiger partial charge on any atom is 0.269 e. The molecule has 0 aromatic heterocycles. The summed E-state index contributed by atoms with van der Waals surface area (Å²) >= 11 is 0. The topological polar surface area (TPSA) is 102 Å². The summed E-state index contributed by atoms with van der Waals surface area (Å²) < 4.78 is 5.34. The molecule has 28 heavy (non-hydrogen) atoms. The second-order valence-electron chi connectivity index (χ2n) is 6.52. The fraction of sp³-hybridized carbons (Fsp3) is 0.300. The van der Waals surface area contributed by atoms with Gasteiger partial charge in [0.1, 0.15) is 5.75 Å². The van der Waals surface area contributed by atoms with Crippen molar-refractivity contribution >= 4 is 23.2 Å². The molecular formula is C20H21N3O5. The largest absolute Gasteiger partial charge is 0.484 e. The monoisotopic (exact) mass is 383 g/mol. The Kier molecular flexibility index (Phi) is 6.21. The van der Waals surface area contributed by atoms with Gasteiger partial charge in [-0.05, 0) is 49.6 Å². The van der Waals surface area contributed by atoms with E-state index in [-0.39, 0.29) is 24.1 Å². The number of nitro groups is 1. The van der Waals surface area contributed by atoms with Gasteiger partial charge in [-0.1, -0.05) is 6.07 Å². The van der Waals surface area contributed by atoms with E-state index < -0.39 is 4.92 Å². The third kappa shape index (κ3) is 5.06. The van der Waals surface area contributed by atoms with Crippen molar-refractivity contribution in [1.82, 2.24) is 4.90 Å². The van der Waals surface area contributed by atoms with E-state index in [2.05, 4.69) is 5.32 Å². The Hall–Kier alpha value is -3.42. The van der Waals surface area contributed by atoms with Crippen LogP contribution in [-0.4, -0.2) is 41.3 Å². The SMILES string of the molecule is O=C(COc1ccc([N+](=O)[O-])cc1)Nc1cccc(C(=O)N2CCCCC2)c1. The standard InChI is InChI=1S/C20H21N3O5/c24-19(14-28-18-9-7-17(8-10-18)23(26)27)21-16-6-4-5-15(13-16)20(25)22-11-2-1-3-12-22/h4-10,13H,1-3,11-12,14H2,(H,21,24). The Labute approximate surface area is 162 Å². The minimum atomic E-state index is -0.505. The summed E-state index contributed by atoms with van der Waals surface area (Å²) in [5.41, 5.74) is 1.00. The highest BCUT2D eigenvalue weighted by Gasteiger charge is 2.18. The molecule has 0 unspecified atom stereocenters. The molecule has 2 aromatic rings. The van der Waals surface area contributed by atoms with Crippen LogP contribution in [0.3, 0.4) is 0 Å². The van der Waals surface area contributed by atoms with Crippen LogP contribution in [0.4, 0.5) is 11.4 Å². The molecule has 0 spiro atoms. The van der Waals surface area contributed by atoms with Gasteiger partial charge in [0, 0.05) is 36.5 Å². The van der Waals surface area contributed by atoms with Crippen LogP contribution in [0.25, 0.3) is 0 Å². The van der Waals surface area contributed by atoms with Gasteiger partial charge in [-0.3, -0.25) is 19.7 Å². The van der Waals surface area contributed by atoms with E-state index in [0.717, 1.165) is 32.4 Å². The number of likely N-dealkylation sites (tertiary alicyclic amines) is 1. The third-order valence-corrected chi connectivity index (χ3v) is 4.45. The quantitative estimate of drug-likeness (QED) is 0.609. The summed E-state index contributed by atoms with van der Waals surface area (Å²) in [5, 5.41) is 13.3. The van der Waals surface area contributed by atoms with Crippen molar-refractivity contribution in [1.29, 1.82) is 0 Å². The second kappa shape index (κ2) is 8.98. The molecule has 1 heterocycles. The van der Waals surface area contributed by atoms with Crippen molar-refractivity contribution < 1.29 is 19.2 Å². The number of carbonyl (C=O) groups excluding carboxylic acids is 2. The number of ether oxygens (including phenoxy) is 1. The van der Waals surface area contributed by atoms with Crippen LogP contribution >= 0.6 is 0 Å². The van der Waals surface area contributed by atoms with Gasteiger partial charge in [-0.15, -0.1) is 0 Å². The molecule has 8 heteroatoms. The van der Waals surface area contributed by atoms with Crippen LogP contribution in [0.2, 0.25) is 0 Å². The van der Waals surface area contributed by atoms with Crippen molar-refractivity contribution in [3.63, 3.8) is 0 Å². The lowest BCUT2D eigenvalue weighted by molar-refractivity contribution is -0.384. The molecule has 1 fully saturated rings. The highest BCUT2D eigenvalue weighted by Crippen LogP contribution is 2.18. The summed E-state index contributed by atoms with van der Waals surface area (Å²) in [4.78, 5) is 36.6. The van der Waals surface area contributed by atoms with Gasteiger partial charge in [0.25, 0.3) is 17.5 Å². The lowest BCUT2D eigenvalue weighted by Crippen LogP contribution is -2.35. The minimum absolute atomic E-state index is 0.0297. The van der Waals surface area contributed by atoms with E-state index in [4.69, 9.17) is 4.74 Å². The van der Waals surface area contributed by atoms with Gasteiger partial charge in [0.05, 0.1) is 4.92 Å². The number of non-ortho nitro benzene ring substituents is 1. The van der Waals surface area contributed by atoms with Crippen molar-refractivity contribution in [2.45, 2.75) is 19.3 Å². The maximum absolute atomic E-state index is 12.6. The molecule has 2 amide bonds. The number of nitro benzene ring substituents is 1. The highest BCUT2D eigenvalue weighted by atomic mass is 16.6. The fourth-order valence-electron chi connectivity index (χ4n) is 3.02. The van der Waals surface area contributed by atoms with Crippen molar-refractivity contribution in [3.05, 3.63) is 64.2 Å². The molecule has 0 aliphatic carbocycles. The molecule has 0 radical (unpaired) electrons. The van der Waals surface area contributed by atoms with E-state index >= 15 is 0 Å². The third-order valence-electron chi connectivity index (χ3n) is 4.45. The summed E-state index contributed by atoms with van der Waals surface area (Å²) in [7, 11) is 0. The Morgan fingerprint density at radius 3 is 2.46 bits per heavy atom. The van der Waals surface area contributed by atoms with Crippen LogP contribution in [0, 0.1) is 10.1 Å². The van der Waals surface area contributed by atoms with Gasteiger partial charge in [-0.2, -0.15) is 0 Å². The number of benzene rings is 2. The number of nitrogens with one attached hydrogen (secondary N) is 1. The normalized spacial score (nSPS) is 13.6. The van der Waals surface area contributed by atoms with E-state index in [1.807, 2.05) is 4.90 Å². The summed E-state index contributed by atoms with van der Waals surface area (Å²) in [5.74, 6) is -0.0615. The molecule has 2 aromatic carbocycles. The number of anilines is 1. The predicted molar refractivity (Wildman–Crippen MR) is 103 cm³/mol. The molecule has 0 bridgehead atoms. The molecule has 1 aliphatic rings. The van der Waals surface area contributed by atoms with Crippen LogP contribution in [-0.2, 0) is 4.79 Å². The van der Waals surface area contributed by atoms with Crippen LogP contribution < -0.4 is 10.1 Å². The Bertz CT molecular complexity index is 860.